The van der Waals surface area contributed by atoms with Crippen molar-refractivity contribution < 1.29 is 5.11 Å². The highest BCUT2D eigenvalue weighted by Crippen LogP contribution is 2.44. The molecule has 1 aliphatic carbocycles. The molecular weight excluding hydrogens is 234 g/mol. The van der Waals surface area contributed by atoms with Crippen LogP contribution in [0.3, 0.4) is 0 Å². The summed E-state index contributed by atoms with van der Waals surface area (Å²) >= 11 is 6.10. The summed E-state index contributed by atoms with van der Waals surface area (Å²) in [6.07, 6.45) is 4.11. The highest BCUT2D eigenvalue weighted by atomic mass is 35.5. The largest absolute Gasteiger partial charge is 0.506 e. The molecular formula is C14H20ClNO. The van der Waals surface area contributed by atoms with Crippen LogP contribution in [0.2, 0.25) is 5.02 Å². The Labute approximate surface area is 108 Å². The lowest BCUT2D eigenvalue weighted by molar-refractivity contribution is 0.409. The minimum Gasteiger partial charge on any atom is -0.506 e. The highest BCUT2D eigenvalue weighted by molar-refractivity contribution is 6.32. The molecule has 2 rings (SSSR count). The van der Waals surface area contributed by atoms with Crippen LogP contribution in [0.25, 0.3) is 0 Å². The van der Waals surface area contributed by atoms with Crippen LogP contribution in [-0.2, 0) is 5.54 Å². The third kappa shape index (κ3) is 2.29. The first-order chi connectivity index (χ1) is 7.94. The van der Waals surface area contributed by atoms with Crippen LogP contribution >= 0.6 is 11.6 Å². The van der Waals surface area contributed by atoms with Gasteiger partial charge in [0.25, 0.3) is 0 Å². The lowest BCUT2D eigenvalue weighted by Crippen LogP contribution is -2.33. The van der Waals surface area contributed by atoms with E-state index < -0.39 is 5.54 Å². The average molecular weight is 254 g/mol. The molecule has 1 aromatic rings. The van der Waals surface area contributed by atoms with Crippen LogP contribution in [0.4, 0.5) is 0 Å². The molecule has 1 saturated carbocycles. The third-order valence-corrected chi connectivity index (χ3v) is 4.07. The molecule has 0 saturated heterocycles. The predicted molar refractivity (Wildman–Crippen MR) is 71.5 cm³/mol. The molecule has 1 fully saturated rings. The van der Waals surface area contributed by atoms with Gasteiger partial charge in [-0.15, -0.1) is 0 Å². The molecule has 1 aliphatic rings. The van der Waals surface area contributed by atoms with Gasteiger partial charge >= 0.3 is 0 Å². The van der Waals surface area contributed by atoms with Crippen molar-refractivity contribution >= 4 is 11.6 Å². The summed E-state index contributed by atoms with van der Waals surface area (Å²) in [6.45, 7) is 4.23. The van der Waals surface area contributed by atoms with Gasteiger partial charge in [0.1, 0.15) is 5.75 Å². The van der Waals surface area contributed by atoms with E-state index in [1.807, 2.05) is 12.1 Å². The van der Waals surface area contributed by atoms with E-state index >= 15 is 0 Å². The van der Waals surface area contributed by atoms with Gasteiger partial charge in [0.2, 0.25) is 0 Å². The molecule has 0 atom stereocenters. The van der Waals surface area contributed by atoms with E-state index in [0.29, 0.717) is 10.9 Å². The molecule has 2 nitrogen and oxygen atoms in total. The van der Waals surface area contributed by atoms with Crippen molar-refractivity contribution in [1.29, 1.82) is 0 Å². The van der Waals surface area contributed by atoms with Crippen LogP contribution in [0.1, 0.15) is 56.6 Å². The van der Waals surface area contributed by atoms with E-state index in [2.05, 4.69) is 13.8 Å². The Morgan fingerprint density at radius 1 is 1.29 bits per heavy atom. The van der Waals surface area contributed by atoms with E-state index in [0.717, 1.165) is 36.8 Å². The fourth-order valence-electron chi connectivity index (χ4n) is 2.61. The van der Waals surface area contributed by atoms with Gasteiger partial charge in [-0.2, -0.15) is 0 Å². The maximum Gasteiger partial charge on any atom is 0.139 e. The second kappa shape index (κ2) is 4.51. The van der Waals surface area contributed by atoms with Crippen molar-refractivity contribution in [2.24, 2.45) is 5.73 Å². The van der Waals surface area contributed by atoms with Gasteiger partial charge < -0.3 is 10.8 Å². The number of phenols is 1. The number of rotatable bonds is 2. The van der Waals surface area contributed by atoms with Crippen molar-refractivity contribution in [1.82, 2.24) is 0 Å². The van der Waals surface area contributed by atoms with Gasteiger partial charge in [-0.1, -0.05) is 38.3 Å². The monoisotopic (exact) mass is 253 g/mol. The summed E-state index contributed by atoms with van der Waals surface area (Å²) < 4.78 is 0. The summed E-state index contributed by atoms with van der Waals surface area (Å²) in [4.78, 5) is 0. The van der Waals surface area contributed by atoms with Crippen LogP contribution < -0.4 is 5.73 Å². The van der Waals surface area contributed by atoms with Crippen LogP contribution in [0.15, 0.2) is 12.1 Å². The van der Waals surface area contributed by atoms with Gasteiger partial charge in [0.05, 0.1) is 5.02 Å². The Morgan fingerprint density at radius 2 is 1.88 bits per heavy atom. The fraction of sp³-hybridized carbons (Fsp3) is 0.571. The standard InChI is InChI=1S/C14H20ClNO/c1-9(2)10-7-11(13(17)12(15)8-10)14(16)5-3-4-6-14/h7-9,17H,3-6,16H2,1-2H3. The van der Waals surface area contributed by atoms with Crippen molar-refractivity contribution in [3.63, 3.8) is 0 Å². The Balaban J connectivity index is 2.52. The molecule has 0 bridgehead atoms. The first kappa shape index (κ1) is 12.7. The van der Waals surface area contributed by atoms with Crippen molar-refractivity contribution in [2.75, 3.05) is 0 Å². The van der Waals surface area contributed by atoms with Gasteiger partial charge in [-0.05, 0) is 36.5 Å². The Hall–Kier alpha value is -0.730. The maximum absolute atomic E-state index is 10.1. The predicted octanol–water partition coefficient (Wildman–Crippen LogP) is 3.90. The molecule has 1 aromatic carbocycles. The Kier molecular flexibility index (Phi) is 3.37. The summed E-state index contributed by atoms with van der Waals surface area (Å²) in [5.41, 5.74) is 7.97. The zero-order valence-corrected chi connectivity index (χ0v) is 11.2. The molecule has 0 aliphatic heterocycles. The number of nitrogens with two attached hydrogens (primary N) is 1. The molecule has 17 heavy (non-hydrogen) atoms. The normalized spacial score (nSPS) is 18.9. The summed E-state index contributed by atoms with van der Waals surface area (Å²) in [5.74, 6) is 0.553. The van der Waals surface area contributed by atoms with Crippen molar-refractivity contribution in [2.45, 2.75) is 51.0 Å². The molecule has 3 N–H and O–H groups in total. The van der Waals surface area contributed by atoms with E-state index in [4.69, 9.17) is 17.3 Å². The molecule has 3 heteroatoms. The summed E-state index contributed by atoms with van der Waals surface area (Å²) in [5, 5.41) is 10.5. The molecule has 0 radical (unpaired) electrons. The lowest BCUT2D eigenvalue weighted by Gasteiger charge is -2.26. The van der Waals surface area contributed by atoms with Crippen molar-refractivity contribution in [3.8, 4) is 5.75 Å². The number of benzene rings is 1. The number of phenolic OH excluding ortho intramolecular Hbond substituents is 1. The topological polar surface area (TPSA) is 46.2 Å². The van der Waals surface area contributed by atoms with Gasteiger partial charge in [0, 0.05) is 11.1 Å². The molecule has 0 amide bonds. The van der Waals surface area contributed by atoms with E-state index in [9.17, 15) is 5.11 Å². The van der Waals surface area contributed by atoms with Gasteiger partial charge in [-0.25, -0.2) is 0 Å². The second-order valence-electron chi connectivity index (χ2n) is 5.42. The first-order valence-corrected chi connectivity index (χ1v) is 6.63. The lowest BCUT2D eigenvalue weighted by atomic mass is 9.86. The van der Waals surface area contributed by atoms with Crippen LogP contribution in [0.5, 0.6) is 5.75 Å². The maximum atomic E-state index is 10.1. The highest BCUT2D eigenvalue weighted by Gasteiger charge is 2.34. The molecule has 94 valence electrons. The Bertz CT molecular complexity index is 422. The minimum absolute atomic E-state index is 0.167. The quantitative estimate of drug-likeness (QED) is 0.840. The zero-order valence-electron chi connectivity index (χ0n) is 10.5. The van der Waals surface area contributed by atoms with Gasteiger partial charge in [0.15, 0.2) is 0 Å². The molecule has 0 heterocycles. The molecule has 0 unspecified atom stereocenters. The molecule has 0 spiro atoms. The second-order valence-corrected chi connectivity index (χ2v) is 5.82. The first-order valence-electron chi connectivity index (χ1n) is 6.26. The average Bonchev–Trinajstić information content (AvgIpc) is 2.69. The molecule has 0 aromatic heterocycles. The number of hydrogen-bond donors (Lipinski definition) is 2. The zero-order chi connectivity index (χ0) is 12.6. The van der Waals surface area contributed by atoms with E-state index in [-0.39, 0.29) is 5.75 Å². The summed E-state index contributed by atoms with van der Waals surface area (Å²) in [7, 11) is 0. The van der Waals surface area contributed by atoms with Gasteiger partial charge in [-0.3, -0.25) is 0 Å². The Morgan fingerprint density at radius 3 is 2.41 bits per heavy atom. The minimum atomic E-state index is -0.390. The van der Waals surface area contributed by atoms with Crippen LogP contribution in [-0.4, -0.2) is 5.11 Å². The van der Waals surface area contributed by atoms with Crippen LogP contribution in [0, 0.1) is 0 Å². The SMILES string of the molecule is CC(C)c1cc(Cl)c(O)c(C2(N)CCCC2)c1. The third-order valence-electron chi connectivity index (χ3n) is 3.78. The fourth-order valence-corrected chi connectivity index (χ4v) is 2.84. The number of halogens is 1. The van der Waals surface area contributed by atoms with E-state index in [1.54, 1.807) is 0 Å². The summed E-state index contributed by atoms with van der Waals surface area (Å²) in [6, 6.07) is 3.86. The number of aromatic hydroxyl groups is 1. The number of hydrogen-bond acceptors (Lipinski definition) is 2. The van der Waals surface area contributed by atoms with E-state index in [1.165, 1.54) is 0 Å². The smallest absolute Gasteiger partial charge is 0.139 e. The van der Waals surface area contributed by atoms with Crippen molar-refractivity contribution in [3.05, 3.63) is 28.3 Å².